The molecule has 0 bridgehead atoms. The Kier molecular flexibility index (Phi) is 5.21. The number of carbonyl (C=O) groups excluding carboxylic acids is 3. The van der Waals surface area contributed by atoms with Gasteiger partial charge in [-0.25, -0.2) is 4.39 Å². The lowest BCUT2D eigenvalue weighted by molar-refractivity contribution is -0.134. The summed E-state index contributed by atoms with van der Waals surface area (Å²) in [5.74, 6) is -2.18. The van der Waals surface area contributed by atoms with Gasteiger partial charge in [0, 0.05) is 5.56 Å². The first-order valence-electron chi connectivity index (χ1n) is 8.49. The van der Waals surface area contributed by atoms with E-state index >= 15 is 0 Å². The van der Waals surface area contributed by atoms with Crippen molar-refractivity contribution in [3.05, 3.63) is 59.4 Å². The van der Waals surface area contributed by atoms with Crippen molar-refractivity contribution in [2.24, 2.45) is 0 Å². The van der Waals surface area contributed by atoms with Crippen molar-refractivity contribution in [1.82, 2.24) is 4.90 Å². The summed E-state index contributed by atoms with van der Waals surface area (Å²) in [5.41, 5.74) is 0.239. The summed E-state index contributed by atoms with van der Waals surface area (Å²) in [6, 6.07) is 10.2. The number of imide groups is 1. The highest BCUT2D eigenvalue weighted by Crippen LogP contribution is 2.26. The molecule has 0 saturated heterocycles. The average molecular weight is 371 g/mol. The Hall–Kier alpha value is -3.22. The van der Waals surface area contributed by atoms with Gasteiger partial charge in [0.15, 0.2) is 23.5 Å². The molecule has 0 radical (unpaired) electrons. The number of carbonyl (C=O) groups is 3. The van der Waals surface area contributed by atoms with Crippen molar-refractivity contribution in [2.75, 3.05) is 13.2 Å². The molecule has 27 heavy (non-hydrogen) atoms. The van der Waals surface area contributed by atoms with E-state index in [1.807, 2.05) is 0 Å². The fourth-order valence-electron chi connectivity index (χ4n) is 2.78. The lowest BCUT2D eigenvalue weighted by Crippen LogP contribution is -2.44. The van der Waals surface area contributed by atoms with E-state index in [1.54, 1.807) is 25.1 Å². The van der Waals surface area contributed by atoms with E-state index in [1.165, 1.54) is 25.1 Å². The summed E-state index contributed by atoms with van der Waals surface area (Å²) in [5, 5.41) is 0. The van der Waals surface area contributed by atoms with E-state index in [-0.39, 0.29) is 29.2 Å². The molecular weight excluding hydrogens is 353 g/mol. The molecule has 1 aliphatic heterocycles. The van der Waals surface area contributed by atoms with Crippen LogP contribution in [0.1, 0.15) is 34.6 Å². The second kappa shape index (κ2) is 7.57. The zero-order chi connectivity index (χ0) is 19.6. The lowest BCUT2D eigenvalue weighted by Gasteiger charge is -2.19. The van der Waals surface area contributed by atoms with Gasteiger partial charge >= 0.3 is 0 Å². The van der Waals surface area contributed by atoms with Gasteiger partial charge in [-0.2, -0.15) is 0 Å². The molecule has 140 valence electrons. The van der Waals surface area contributed by atoms with E-state index in [2.05, 4.69) is 0 Å². The van der Waals surface area contributed by atoms with E-state index < -0.39 is 36.1 Å². The third-order valence-corrected chi connectivity index (χ3v) is 4.14. The number of hydrogen-bond donors (Lipinski definition) is 0. The fourth-order valence-corrected chi connectivity index (χ4v) is 2.78. The summed E-state index contributed by atoms with van der Waals surface area (Å²) >= 11 is 0. The number of halogens is 1. The van der Waals surface area contributed by atoms with Gasteiger partial charge in [-0.3, -0.25) is 19.3 Å². The number of ether oxygens (including phenoxy) is 2. The maximum Gasteiger partial charge on any atom is 0.270 e. The van der Waals surface area contributed by atoms with Crippen molar-refractivity contribution in [3.63, 3.8) is 0 Å². The highest BCUT2D eigenvalue weighted by Gasteiger charge is 2.35. The Balaban J connectivity index is 1.87. The van der Waals surface area contributed by atoms with Gasteiger partial charge in [0.1, 0.15) is 5.75 Å². The molecule has 0 aromatic heterocycles. The molecule has 6 nitrogen and oxygen atoms in total. The van der Waals surface area contributed by atoms with Gasteiger partial charge < -0.3 is 9.47 Å². The predicted octanol–water partition coefficient (Wildman–Crippen LogP) is 2.86. The molecule has 0 N–H and O–H groups in total. The Morgan fingerprint density at radius 1 is 1.22 bits per heavy atom. The standard InChI is InChI=1S/C20H18FNO5/c1-3-26-18-9-8-13(10-15(18)21)16(23)11-22-19(24)12(2)27-17-7-5-4-6-14(17)20(22)25/h4-10,12H,3,11H2,1-2H3/t12-/m1/s1. The highest BCUT2D eigenvalue weighted by molar-refractivity contribution is 6.12. The molecule has 1 heterocycles. The first kappa shape index (κ1) is 18.6. The van der Waals surface area contributed by atoms with Crippen molar-refractivity contribution < 1.29 is 28.2 Å². The second-order valence-electron chi connectivity index (χ2n) is 5.99. The smallest absolute Gasteiger partial charge is 0.270 e. The zero-order valence-corrected chi connectivity index (χ0v) is 14.9. The molecule has 0 unspecified atom stereocenters. The number of ketones is 1. The number of Topliss-reactive ketones (excluding diaryl/α,β-unsaturated/α-hetero) is 1. The topological polar surface area (TPSA) is 72.9 Å². The summed E-state index contributed by atoms with van der Waals surface area (Å²) in [7, 11) is 0. The number of para-hydroxylation sites is 1. The van der Waals surface area contributed by atoms with Crippen molar-refractivity contribution in [3.8, 4) is 11.5 Å². The number of hydrogen-bond acceptors (Lipinski definition) is 5. The fraction of sp³-hybridized carbons (Fsp3) is 0.250. The van der Waals surface area contributed by atoms with Crippen LogP contribution in [-0.4, -0.2) is 41.8 Å². The predicted molar refractivity (Wildman–Crippen MR) is 94.5 cm³/mol. The average Bonchev–Trinajstić information content (AvgIpc) is 2.74. The third kappa shape index (κ3) is 3.67. The van der Waals surface area contributed by atoms with Crippen molar-refractivity contribution in [1.29, 1.82) is 0 Å². The number of fused-ring (bicyclic) bond motifs is 1. The molecule has 0 spiro atoms. The SMILES string of the molecule is CCOc1ccc(C(=O)CN2C(=O)c3ccccc3O[C@H](C)C2=O)cc1F. The number of nitrogens with zero attached hydrogens (tertiary/aromatic N) is 1. The number of benzene rings is 2. The normalized spacial score (nSPS) is 16.4. The highest BCUT2D eigenvalue weighted by atomic mass is 19.1. The van der Waals surface area contributed by atoms with E-state index in [0.717, 1.165) is 11.0 Å². The minimum absolute atomic E-state index is 0.0342. The van der Waals surface area contributed by atoms with Crippen LogP contribution < -0.4 is 9.47 Å². The van der Waals surface area contributed by atoms with Gasteiger partial charge in [-0.1, -0.05) is 12.1 Å². The lowest BCUT2D eigenvalue weighted by atomic mass is 10.1. The summed E-state index contributed by atoms with van der Waals surface area (Å²) in [6.07, 6.45) is -0.928. The van der Waals surface area contributed by atoms with Gasteiger partial charge in [0.2, 0.25) is 0 Å². The second-order valence-corrected chi connectivity index (χ2v) is 5.99. The van der Waals surface area contributed by atoms with Crippen LogP contribution in [0.15, 0.2) is 42.5 Å². The molecule has 2 aromatic carbocycles. The Morgan fingerprint density at radius 3 is 2.67 bits per heavy atom. The van der Waals surface area contributed by atoms with Crippen LogP contribution in [0.5, 0.6) is 11.5 Å². The van der Waals surface area contributed by atoms with Crippen molar-refractivity contribution >= 4 is 17.6 Å². The van der Waals surface area contributed by atoms with E-state index in [4.69, 9.17) is 9.47 Å². The summed E-state index contributed by atoms with van der Waals surface area (Å²) in [6.45, 7) is 3.01. The molecule has 2 aromatic rings. The molecule has 3 rings (SSSR count). The molecule has 0 fully saturated rings. The van der Waals surface area contributed by atoms with Crippen LogP contribution in [0, 0.1) is 5.82 Å². The summed E-state index contributed by atoms with van der Waals surface area (Å²) in [4.78, 5) is 38.7. The third-order valence-electron chi connectivity index (χ3n) is 4.14. The van der Waals surface area contributed by atoms with Crippen LogP contribution in [0.3, 0.4) is 0 Å². The van der Waals surface area contributed by atoms with Gasteiger partial charge in [0.05, 0.1) is 18.7 Å². The van der Waals surface area contributed by atoms with Gasteiger partial charge in [-0.15, -0.1) is 0 Å². The minimum atomic E-state index is -0.928. The zero-order valence-electron chi connectivity index (χ0n) is 14.9. The Bertz CT molecular complexity index is 911. The maximum atomic E-state index is 14.0. The van der Waals surface area contributed by atoms with Gasteiger partial charge in [0.25, 0.3) is 11.8 Å². The van der Waals surface area contributed by atoms with Crippen molar-refractivity contribution in [2.45, 2.75) is 20.0 Å². The Morgan fingerprint density at radius 2 is 1.96 bits per heavy atom. The van der Waals surface area contributed by atoms with Crippen LogP contribution in [0.25, 0.3) is 0 Å². The molecular formula is C20H18FNO5. The Labute approximate surface area is 155 Å². The molecule has 0 aliphatic carbocycles. The quantitative estimate of drug-likeness (QED) is 0.597. The van der Waals surface area contributed by atoms with E-state index in [9.17, 15) is 18.8 Å². The molecule has 1 aliphatic rings. The number of rotatable bonds is 5. The van der Waals surface area contributed by atoms with Crippen LogP contribution in [-0.2, 0) is 4.79 Å². The van der Waals surface area contributed by atoms with Crippen LogP contribution in [0.2, 0.25) is 0 Å². The molecule has 1 atom stereocenters. The largest absolute Gasteiger partial charge is 0.491 e. The van der Waals surface area contributed by atoms with E-state index in [0.29, 0.717) is 0 Å². The number of amides is 2. The first-order valence-corrected chi connectivity index (χ1v) is 8.49. The first-order chi connectivity index (χ1) is 12.9. The maximum absolute atomic E-state index is 14.0. The molecule has 2 amide bonds. The minimum Gasteiger partial charge on any atom is -0.491 e. The molecule has 0 saturated carbocycles. The summed E-state index contributed by atoms with van der Waals surface area (Å²) < 4.78 is 24.6. The monoisotopic (exact) mass is 371 g/mol. The van der Waals surface area contributed by atoms with Gasteiger partial charge in [-0.05, 0) is 44.2 Å². The van der Waals surface area contributed by atoms with Crippen LogP contribution >= 0.6 is 0 Å². The van der Waals surface area contributed by atoms with Crippen LogP contribution in [0.4, 0.5) is 4.39 Å². The molecule has 7 heteroatoms.